The molecule has 4 aromatic rings. The van der Waals surface area contributed by atoms with Crippen molar-refractivity contribution in [3.05, 3.63) is 90.0 Å². The number of piperidine rings is 1. The first-order valence-electron chi connectivity index (χ1n) is 13.2. The summed E-state index contributed by atoms with van der Waals surface area (Å²) in [5.74, 6) is 2.70. The molecule has 1 aliphatic rings. The first-order chi connectivity index (χ1) is 18.4. The van der Waals surface area contributed by atoms with E-state index in [1.165, 1.54) is 35.9 Å². The molecule has 0 bridgehead atoms. The summed E-state index contributed by atoms with van der Waals surface area (Å²) in [6.45, 7) is 6.68. The minimum atomic E-state index is 0.357. The molecule has 38 heavy (non-hydrogen) atoms. The molecule has 1 aromatic heterocycles. The summed E-state index contributed by atoms with van der Waals surface area (Å²) >= 11 is 1.42. The molecule has 1 saturated heterocycles. The molecule has 7 heteroatoms. The Bertz CT molecular complexity index is 1370. The van der Waals surface area contributed by atoms with Crippen molar-refractivity contribution in [1.29, 1.82) is 0 Å². The molecule has 0 spiro atoms. The van der Waals surface area contributed by atoms with Crippen LogP contribution in [0, 0.1) is 0 Å². The van der Waals surface area contributed by atoms with Gasteiger partial charge in [-0.25, -0.2) is 4.98 Å². The molecular weight excluding hydrogens is 490 g/mol. The van der Waals surface area contributed by atoms with E-state index in [4.69, 9.17) is 15.5 Å². The first kappa shape index (κ1) is 26.1. The van der Waals surface area contributed by atoms with Gasteiger partial charge in [0, 0.05) is 22.2 Å². The molecule has 1 aliphatic heterocycles. The predicted octanol–water partition coefficient (Wildman–Crippen LogP) is 7.57. The molecule has 196 valence electrons. The van der Waals surface area contributed by atoms with Gasteiger partial charge in [-0.1, -0.05) is 56.3 Å². The van der Waals surface area contributed by atoms with Crippen molar-refractivity contribution in [3.63, 3.8) is 0 Å². The maximum Gasteiger partial charge on any atom is 0.237 e. The van der Waals surface area contributed by atoms with Gasteiger partial charge in [0.05, 0.1) is 5.69 Å². The third-order valence-corrected chi connectivity index (χ3v) is 7.75. The zero-order valence-corrected chi connectivity index (χ0v) is 23.0. The van der Waals surface area contributed by atoms with Gasteiger partial charge in [0.15, 0.2) is 0 Å². The van der Waals surface area contributed by atoms with E-state index >= 15 is 0 Å². The number of nitrogens with one attached hydrogen (secondary N) is 1. The Morgan fingerprint density at radius 2 is 1.71 bits per heavy atom. The molecule has 3 N–H and O–H groups in total. The maximum atomic E-state index is 6.28. The number of hydrogen-bond acceptors (Lipinski definition) is 7. The van der Waals surface area contributed by atoms with Gasteiger partial charge < -0.3 is 15.4 Å². The van der Waals surface area contributed by atoms with Gasteiger partial charge in [-0.05, 0) is 98.2 Å². The summed E-state index contributed by atoms with van der Waals surface area (Å²) in [4.78, 5) is 12.9. The van der Waals surface area contributed by atoms with Gasteiger partial charge >= 0.3 is 0 Å². The predicted molar refractivity (Wildman–Crippen MR) is 158 cm³/mol. The van der Waals surface area contributed by atoms with Crippen molar-refractivity contribution in [2.24, 2.45) is 0 Å². The minimum absolute atomic E-state index is 0.357. The van der Waals surface area contributed by atoms with Crippen molar-refractivity contribution in [2.75, 3.05) is 30.6 Å². The fraction of sp³-hybridized carbons (Fsp3) is 0.290. The Labute approximate surface area is 229 Å². The number of nitrogens with two attached hydrogens (primary N) is 1. The SMILES string of the molecule is CC(C)c1ccccc1-c1cc(Oc2ccc(C3CCN(C)CC3)cc2)nc(NSc2cccc(N)c2)n1. The zero-order chi connectivity index (χ0) is 26.5. The number of anilines is 2. The van der Waals surface area contributed by atoms with E-state index in [2.05, 4.69) is 65.8 Å². The van der Waals surface area contributed by atoms with Gasteiger partial charge in [-0.3, -0.25) is 4.72 Å². The van der Waals surface area contributed by atoms with Crippen LogP contribution in [0.1, 0.15) is 49.7 Å². The van der Waals surface area contributed by atoms with Gasteiger partial charge in [0.2, 0.25) is 11.8 Å². The second-order valence-corrected chi connectivity index (χ2v) is 11.1. The molecule has 5 rings (SSSR count). The van der Waals surface area contributed by atoms with Gasteiger partial charge in [-0.2, -0.15) is 4.98 Å². The molecule has 0 radical (unpaired) electrons. The lowest BCUT2D eigenvalue weighted by atomic mass is 9.90. The minimum Gasteiger partial charge on any atom is -0.439 e. The third-order valence-electron chi connectivity index (χ3n) is 6.97. The lowest BCUT2D eigenvalue weighted by Gasteiger charge is -2.29. The summed E-state index contributed by atoms with van der Waals surface area (Å²) in [6.07, 6.45) is 2.39. The molecule has 6 nitrogen and oxygen atoms in total. The number of nitrogens with zero attached hydrogens (tertiary/aromatic N) is 3. The Morgan fingerprint density at radius 3 is 2.45 bits per heavy atom. The smallest absolute Gasteiger partial charge is 0.237 e. The Kier molecular flexibility index (Phi) is 8.15. The fourth-order valence-electron chi connectivity index (χ4n) is 4.85. The molecular formula is C31H35N5OS. The molecule has 0 aliphatic carbocycles. The van der Waals surface area contributed by atoms with E-state index in [0.717, 1.165) is 35.0 Å². The fourth-order valence-corrected chi connectivity index (χ4v) is 5.49. The number of aromatic nitrogens is 2. The van der Waals surface area contributed by atoms with Gasteiger partial charge in [-0.15, -0.1) is 0 Å². The second-order valence-electron chi connectivity index (χ2n) is 10.2. The third kappa shape index (κ3) is 6.47. The van der Waals surface area contributed by atoms with Crippen molar-refractivity contribution in [2.45, 2.75) is 43.4 Å². The van der Waals surface area contributed by atoms with Crippen molar-refractivity contribution in [1.82, 2.24) is 14.9 Å². The van der Waals surface area contributed by atoms with Crippen LogP contribution >= 0.6 is 11.9 Å². The number of benzene rings is 3. The molecule has 0 amide bonds. The van der Waals surface area contributed by atoms with Crippen molar-refractivity contribution >= 4 is 23.6 Å². The standard InChI is InChI=1S/C31H35N5OS/c1-21(2)27-9-4-5-10-28(27)29-20-30(34-31(33-29)35-38-26-8-6-7-24(32)19-26)37-25-13-11-22(12-14-25)23-15-17-36(3)18-16-23/h4-14,19-21,23H,15-18,32H2,1-3H3,(H,33,34,35). The molecule has 0 atom stereocenters. The topological polar surface area (TPSA) is 76.3 Å². The van der Waals surface area contributed by atoms with Crippen LogP contribution in [0.2, 0.25) is 0 Å². The Balaban J connectivity index is 1.41. The normalized spacial score (nSPS) is 14.5. The highest BCUT2D eigenvalue weighted by molar-refractivity contribution is 8.00. The largest absolute Gasteiger partial charge is 0.439 e. The van der Waals surface area contributed by atoms with E-state index in [9.17, 15) is 0 Å². The highest BCUT2D eigenvalue weighted by Gasteiger charge is 2.19. The zero-order valence-electron chi connectivity index (χ0n) is 22.2. The summed E-state index contributed by atoms with van der Waals surface area (Å²) < 4.78 is 9.57. The summed E-state index contributed by atoms with van der Waals surface area (Å²) in [5.41, 5.74) is 11.2. The van der Waals surface area contributed by atoms with Crippen LogP contribution in [0.15, 0.2) is 83.8 Å². The van der Waals surface area contributed by atoms with Crippen LogP contribution in [0.4, 0.5) is 11.6 Å². The van der Waals surface area contributed by atoms with Crippen LogP contribution in [0.25, 0.3) is 11.3 Å². The Hall–Kier alpha value is -3.55. The average Bonchev–Trinajstić information content (AvgIpc) is 2.93. The van der Waals surface area contributed by atoms with Crippen LogP contribution < -0.4 is 15.2 Å². The van der Waals surface area contributed by atoms with E-state index in [0.29, 0.717) is 29.4 Å². The molecule has 1 fully saturated rings. The van der Waals surface area contributed by atoms with Crippen molar-refractivity contribution in [3.8, 4) is 22.9 Å². The highest BCUT2D eigenvalue weighted by Crippen LogP contribution is 2.34. The monoisotopic (exact) mass is 525 g/mol. The molecule has 0 saturated carbocycles. The Morgan fingerprint density at radius 1 is 0.947 bits per heavy atom. The van der Waals surface area contributed by atoms with Crippen LogP contribution in [-0.4, -0.2) is 35.0 Å². The maximum absolute atomic E-state index is 6.28. The van der Waals surface area contributed by atoms with Crippen molar-refractivity contribution < 1.29 is 4.74 Å². The van der Waals surface area contributed by atoms with E-state index in [1.54, 1.807) is 0 Å². The average molecular weight is 526 g/mol. The summed E-state index contributed by atoms with van der Waals surface area (Å²) in [7, 11) is 2.19. The van der Waals surface area contributed by atoms with Crippen LogP contribution in [0.5, 0.6) is 11.6 Å². The van der Waals surface area contributed by atoms with Gasteiger partial charge in [0.1, 0.15) is 5.75 Å². The first-order valence-corrected chi connectivity index (χ1v) is 14.0. The number of nitrogen functional groups attached to an aromatic ring is 1. The molecule has 2 heterocycles. The quantitative estimate of drug-likeness (QED) is 0.181. The summed E-state index contributed by atoms with van der Waals surface area (Å²) in [6, 6.07) is 26.5. The van der Waals surface area contributed by atoms with E-state index in [1.807, 2.05) is 48.5 Å². The number of rotatable bonds is 8. The number of hydrogen-bond donors (Lipinski definition) is 2. The lowest BCUT2D eigenvalue weighted by molar-refractivity contribution is 0.255. The van der Waals surface area contributed by atoms with E-state index in [-0.39, 0.29) is 0 Å². The number of ether oxygens (including phenoxy) is 1. The summed E-state index contributed by atoms with van der Waals surface area (Å²) in [5, 5.41) is 0. The molecule has 0 unspecified atom stereocenters. The second kappa shape index (κ2) is 11.9. The van der Waals surface area contributed by atoms with E-state index < -0.39 is 0 Å². The highest BCUT2D eigenvalue weighted by atomic mass is 32.2. The molecule has 3 aromatic carbocycles. The van der Waals surface area contributed by atoms with Crippen LogP contribution in [-0.2, 0) is 0 Å². The van der Waals surface area contributed by atoms with Gasteiger partial charge in [0.25, 0.3) is 0 Å². The number of likely N-dealkylation sites (tertiary alicyclic amines) is 1. The van der Waals surface area contributed by atoms with Crippen LogP contribution in [0.3, 0.4) is 0 Å². The lowest BCUT2D eigenvalue weighted by Crippen LogP contribution is -2.29.